The highest BCUT2D eigenvalue weighted by Crippen LogP contribution is 2.14. The third-order valence-electron chi connectivity index (χ3n) is 3.27. The van der Waals surface area contributed by atoms with Crippen LogP contribution in [0.4, 0.5) is 0 Å². The van der Waals surface area contributed by atoms with E-state index in [1.165, 1.54) is 25.7 Å². The predicted octanol–water partition coefficient (Wildman–Crippen LogP) is 3.62. The molecule has 0 radical (unpaired) electrons. The Labute approximate surface area is 112 Å². The first-order valence-corrected chi connectivity index (χ1v) is 7.23. The van der Waals surface area contributed by atoms with E-state index in [1.54, 1.807) is 0 Å². The van der Waals surface area contributed by atoms with Gasteiger partial charge in [-0.1, -0.05) is 57.0 Å². The van der Waals surface area contributed by atoms with Gasteiger partial charge in [-0.15, -0.1) is 0 Å². The van der Waals surface area contributed by atoms with Crippen LogP contribution in [0.1, 0.15) is 51.2 Å². The molecule has 2 heteroatoms. The molecule has 1 N–H and O–H groups in total. The minimum Gasteiger partial charge on any atom is -0.387 e. The average molecular weight is 249 g/mol. The molecule has 0 aliphatic carbocycles. The summed E-state index contributed by atoms with van der Waals surface area (Å²) in [6, 6.07) is 9.97. The van der Waals surface area contributed by atoms with Gasteiger partial charge < -0.3 is 10.0 Å². The number of hydrogen-bond donors (Lipinski definition) is 1. The van der Waals surface area contributed by atoms with E-state index >= 15 is 0 Å². The molecule has 0 saturated carbocycles. The molecule has 0 heterocycles. The van der Waals surface area contributed by atoms with Crippen molar-refractivity contribution >= 4 is 0 Å². The van der Waals surface area contributed by atoms with E-state index in [2.05, 4.69) is 18.7 Å². The van der Waals surface area contributed by atoms with Crippen LogP contribution < -0.4 is 0 Å². The van der Waals surface area contributed by atoms with Gasteiger partial charge in [-0.2, -0.15) is 0 Å². The first kappa shape index (κ1) is 15.2. The van der Waals surface area contributed by atoms with Crippen LogP contribution in [-0.4, -0.2) is 29.6 Å². The number of aliphatic hydroxyl groups excluding tert-OH is 1. The Bertz CT molecular complexity index is 291. The topological polar surface area (TPSA) is 23.5 Å². The van der Waals surface area contributed by atoms with Gasteiger partial charge in [0.2, 0.25) is 0 Å². The predicted molar refractivity (Wildman–Crippen MR) is 77.7 cm³/mol. The summed E-state index contributed by atoms with van der Waals surface area (Å²) in [6.07, 6.45) is 4.49. The molecule has 2 nitrogen and oxygen atoms in total. The summed E-state index contributed by atoms with van der Waals surface area (Å²) in [7, 11) is 0. The van der Waals surface area contributed by atoms with Gasteiger partial charge in [0, 0.05) is 6.54 Å². The number of rotatable bonds is 9. The lowest BCUT2D eigenvalue weighted by Gasteiger charge is -2.25. The highest BCUT2D eigenvalue weighted by atomic mass is 16.3. The van der Waals surface area contributed by atoms with Gasteiger partial charge in [-0.25, -0.2) is 0 Å². The maximum absolute atomic E-state index is 10.2. The normalized spacial score (nSPS) is 12.9. The molecule has 1 atom stereocenters. The highest BCUT2D eigenvalue weighted by molar-refractivity contribution is 5.17. The van der Waals surface area contributed by atoms with Crippen LogP contribution in [0.2, 0.25) is 0 Å². The largest absolute Gasteiger partial charge is 0.387 e. The lowest BCUT2D eigenvalue weighted by atomic mass is 10.1. The van der Waals surface area contributed by atoms with Crippen molar-refractivity contribution in [2.75, 3.05) is 19.6 Å². The van der Waals surface area contributed by atoms with Gasteiger partial charge in [0.25, 0.3) is 0 Å². The smallest absolute Gasteiger partial charge is 0.0916 e. The fourth-order valence-electron chi connectivity index (χ4n) is 2.08. The fraction of sp³-hybridized carbons (Fsp3) is 0.625. The third-order valence-corrected chi connectivity index (χ3v) is 3.27. The minimum absolute atomic E-state index is 0.361. The van der Waals surface area contributed by atoms with E-state index in [1.807, 2.05) is 30.3 Å². The number of benzene rings is 1. The summed E-state index contributed by atoms with van der Waals surface area (Å²) in [6.45, 7) is 7.38. The Kier molecular flexibility index (Phi) is 7.70. The monoisotopic (exact) mass is 249 g/mol. The van der Waals surface area contributed by atoms with E-state index < -0.39 is 0 Å². The van der Waals surface area contributed by atoms with Crippen LogP contribution in [0.5, 0.6) is 0 Å². The molecule has 18 heavy (non-hydrogen) atoms. The SMILES string of the molecule is CCCCN(CCCC)CC(O)c1ccccc1. The molecule has 0 fully saturated rings. The molecule has 1 unspecified atom stereocenters. The Morgan fingerprint density at radius 3 is 2.06 bits per heavy atom. The van der Waals surface area contributed by atoms with E-state index in [4.69, 9.17) is 0 Å². The van der Waals surface area contributed by atoms with E-state index in [-0.39, 0.29) is 6.10 Å². The quantitative estimate of drug-likeness (QED) is 0.722. The second-order valence-corrected chi connectivity index (χ2v) is 4.93. The standard InChI is InChI=1S/C16H27NO/c1-3-5-12-17(13-6-4-2)14-16(18)15-10-8-7-9-11-15/h7-11,16,18H,3-6,12-14H2,1-2H3. The molecule has 0 aliphatic heterocycles. The Hall–Kier alpha value is -0.860. The maximum atomic E-state index is 10.2. The molecule has 102 valence electrons. The second-order valence-electron chi connectivity index (χ2n) is 4.93. The number of hydrogen-bond acceptors (Lipinski definition) is 2. The fourth-order valence-corrected chi connectivity index (χ4v) is 2.08. The Balaban J connectivity index is 2.47. The van der Waals surface area contributed by atoms with Gasteiger partial charge in [-0.05, 0) is 31.5 Å². The molecule has 0 amide bonds. The van der Waals surface area contributed by atoms with Crippen molar-refractivity contribution in [2.45, 2.75) is 45.6 Å². The molecule has 1 rings (SSSR count). The summed E-state index contributed by atoms with van der Waals surface area (Å²) in [5.41, 5.74) is 1.02. The van der Waals surface area contributed by atoms with E-state index in [0.29, 0.717) is 0 Å². The molecule has 1 aromatic rings. The van der Waals surface area contributed by atoms with Gasteiger partial charge in [0.05, 0.1) is 6.10 Å². The number of aliphatic hydroxyl groups is 1. The molecule has 1 aromatic carbocycles. The molecule has 0 bridgehead atoms. The van der Waals surface area contributed by atoms with Crippen LogP contribution in [0.3, 0.4) is 0 Å². The van der Waals surface area contributed by atoms with Crippen molar-refractivity contribution in [1.29, 1.82) is 0 Å². The summed E-state index contributed by atoms with van der Waals surface area (Å²) in [4.78, 5) is 2.39. The van der Waals surface area contributed by atoms with Crippen molar-refractivity contribution in [3.63, 3.8) is 0 Å². The first-order valence-electron chi connectivity index (χ1n) is 7.23. The zero-order valence-corrected chi connectivity index (χ0v) is 11.8. The lowest BCUT2D eigenvalue weighted by Crippen LogP contribution is -2.30. The second kappa shape index (κ2) is 9.12. The number of nitrogens with zero attached hydrogens (tertiary/aromatic N) is 1. The summed E-state index contributed by atoms with van der Waals surface area (Å²) in [5.74, 6) is 0. The molecule has 0 saturated heterocycles. The van der Waals surface area contributed by atoms with E-state index in [9.17, 15) is 5.11 Å². The zero-order valence-electron chi connectivity index (χ0n) is 11.8. The summed E-state index contributed by atoms with van der Waals surface area (Å²) in [5, 5.41) is 10.2. The van der Waals surface area contributed by atoms with Crippen molar-refractivity contribution in [1.82, 2.24) is 4.90 Å². The highest BCUT2D eigenvalue weighted by Gasteiger charge is 2.12. The number of unbranched alkanes of at least 4 members (excludes halogenated alkanes) is 2. The minimum atomic E-state index is -0.361. The zero-order chi connectivity index (χ0) is 13.2. The average Bonchev–Trinajstić information content (AvgIpc) is 2.42. The van der Waals surface area contributed by atoms with Crippen LogP contribution in [0.15, 0.2) is 30.3 Å². The molecule has 0 spiro atoms. The van der Waals surface area contributed by atoms with Crippen molar-refractivity contribution < 1.29 is 5.11 Å². The van der Waals surface area contributed by atoms with Crippen molar-refractivity contribution in [3.05, 3.63) is 35.9 Å². The van der Waals surface area contributed by atoms with Crippen LogP contribution in [-0.2, 0) is 0 Å². The van der Waals surface area contributed by atoms with Gasteiger partial charge in [-0.3, -0.25) is 0 Å². The first-order chi connectivity index (χ1) is 8.77. The van der Waals surface area contributed by atoms with E-state index in [0.717, 1.165) is 25.2 Å². The molecule has 0 aliphatic rings. The van der Waals surface area contributed by atoms with Crippen LogP contribution in [0.25, 0.3) is 0 Å². The molecular formula is C16H27NO. The van der Waals surface area contributed by atoms with Crippen molar-refractivity contribution in [2.24, 2.45) is 0 Å². The third kappa shape index (κ3) is 5.65. The van der Waals surface area contributed by atoms with Gasteiger partial charge >= 0.3 is 0 Å². The summed E-state index contributed by atoms with van der Waals surface area (Å²) < 4.78 is 0. The lowest BCUT2D eigenvalue weighted by molar-refractivity contribution is 0.111. The Morgan fingerprint density at radius 2 is 1.56 bits per heavy atom. The van der Waals surface area contributed by atoms with Crippen LogP contribution >= 0.6 is 0 Å². The van der Waals surface area contributed by atoms with Gasteiger partial charge in [0.1, 0.15) is 0 Å². The maximum Gasteiger partial charge on any atom is 0.0916 e. The molecular weight excluding hydrogens is 222 g/mol. The summed E-state index contributed by atoms with van der Waals surface area (Å²) >= 11 is 0. The van der Waals surface area contributed by atoms with Gasteiger partial charge in [0.15, 0.2) is 0 Å². The molecule has 0 aromatic heterocycles. The Morgan fingerprint density at radius 1 is 1.00 bits per heavy atom. The van der Waals surface area contributed by atoms with Crippen molar-refractivity contribution in [3.8, 4) is 0 Å². The van der Waals surface area contributed by atoms with Crippen LogP contribution in [0, 0.1) is 0 Å².